The molecule has 0 atom stereocenters. The van der Waals surface area contributed by atoms with Crippen molar-refractivity contribution >= 4 is 5.57 Å². The van der Waals surface area contributed by atoms with E-state index in [1.54, 1.807) is 0 Å². The maximum absolute atomic E-state index is 5.64. The van der Waals surface area contributed by atoms with Crippen molar-refractivity contribution in [3.8, 4) is 5.75 Å². The van der Waals surface area contributed by atoms with E-state index in [1.807, 2.05) is 26.0 Å². The van der Waals surface area contributed by atoms with E-state index in [1.165, 1.54) is 11.1 Å². The number of hydrogen-bond donors (Lipinski definition) is 1. The first-order chi connectivity index (χ1) is 8.99. The van der Waals surface area contributed by atoms with Crippen LogP contribution in [0.2, 0.25) is 0 Å². The Morgan fingerprint density at radius 2 is 1.79 bits per heavy atom. The first kappa shape index (κ1) is 15.8. The summed E-state index contributed by atoms with van der Waals surface area (Å²) in [5.74, 6) is 0.938. The van der Waals surface area contributed by atoms with Crippen molar-refractivity contribution in [3.63, 3.8) is 0 Å². The molecule has 19 heavy (non-hydrogen) atoms. The van der Waals surface area contributed by atoms with E-state index in [0.717, 1.165) is 18.7 Å². The summed E-state index contributed by atoms with van der Waals surface area (Å²) in [7, 11) is 0. The summed E-state index contributed by atoms with van der Waals surface area (Å²) in [6.07, 6.45) is 3.58. The molecule has 0 saturated carbocycles. The highest BCUT2D eigenvalue weighted by Crippen LogP contribution is 2.19. The van der Waals surface area contributed by atoms with Crippen molar-refractivity contribution in [3.05, 3.63) is 35.9 Å². The van der Waals surface area contributed by atoms with Crippen LogP contribution >= 0.6 is 0 Å². The Bertz CT molecular complexity index is 390. The van der Waals surface area contributed by atoms with Crippen molar-refractivity contribution in [2.45, 2.75) is 53.2 Å². The number of hydrogen-bond acceptors (Lipinski definition) is 2. The average Bonchev–Trinajstić information content (AvgIpc) is 2.34. The minimum Gasteiger partial charge on any atom is -0.491 e. The molecule has 1 aromatic carbocycles. The summed E-state index contributed by atoms with van der Waals surface area (Å²) in [5, 5.41) is 3.42. The summed E-state index contributed by atoms with van der Waals surface area (Å²) in [6.45, 7) is 11.6. The van der Waals surface area contributed by atoms with Gasteiger partial charge in [0, 0.05) is 6.04 Å². The van der Waals surface area contributed by atoms with Crippen molar-refractivity contribution in [2.24, 2.45) is 0 Å². The molecule has 2 heteroatoms. The molecular weight excluding hydrogens is 234 g/mol. The van der Waals surface area contributed by atoms with Gasteiger partial charge in [0.1, 0.15) is 5.75 Å². The van der Waals surface area contributed by atoms with Crippen molar-refractivity contribution in [1.29, 1.82) is 0 Å². The van der Waals surface area contributed by atoms with Crippen LogP contribution in [-0.2, 0) is 0 Å². The van der Waals surface area contributed by atoms with Gasteiger partial charge in [0.2, 0.25) is 0 Å². The fraction of sp³-hybridized carbons (Fsp3) is 0.529. The number of allylic oxidation sites excluding steroid dienone is 1. The third kappa shape index (κ3) is 6.44. The molecule has 0 spiro atoms. The van der Waals surface area contributed by atoms with Crippen molar-refractivity contribution in [1.82, 2.24) is 5.32 Å². The fourth-order valence-electron chi connectivity index (χ4n) is 1.85. The van der Waals surface area contributed by atoms with Gasteiger partial charge < -0.3 is 10.1 Å². The molecule has 2 nitrogen and oxygen atoms in total. The number of ether oxygens (including phenoxy) is 1. The van der Waals surface area contributed by atoms with Crippen LogP contribution in [0.4, 0.5) is 0 Å². The zero-order chi connectivity index (χ0) is 14.3. The molecule has 0 saturated heterocycles. The molecule has 0 fully saturated rings. The van der Waals surface area contributed by atoms with Crippen LogP contribution in [0.3, 0.4) is 0 Å². The average molecular weight is 261 g/mol. The lowest BCUT2D eigenvalue weighted by atomic mass is 10.1. The summed E-state index contributed by atoms with van der Waals surface area (Å²) < 4.78 is 5.64. The molecule has 0 aromatic heterocycles. The number of benzene rings is 1. The van der Waals surface area contributed by atoms with E-state index in [2.05, 4.69) is 44.3 Å². The third-order valence-electron chi connectivity index (χ3n) is 2.83. The predicted molar refractivity (Wildman–Crippen MR) is 83.6 cm³/mol. The molecule has 0 radical (unpaired) electrons. The lowest BCUT2D eigenvalue weighted by molar-refractivity contribution is 0.242. The van der Waals surface area contributed by atoms with E-state index < -0.39 is 0 Å². The molecule has 0 heterocycles. The van der Waals surface area contributed by atoms with Crippen LogP contribution in [0, 0.1) is 0 Å². The van der Waals surface area contributed by atoms with Crippen LogP contribution in [0.5, 0.6) is 5.75 Å². The normalized spacial score (nSPS) is 12.3. The highest BCUT2D eigenvalue weighted by atomic mass is 16.5. The maximum atomic E-state index is 5.64. The zero-order valence-corrected chi connectivity index (χ0v) is 12.9. The second-order valence-corrected chi connectivity index (χ2v) is 5.48. The van der Waals surface area contributed by atoms with Gasteiger partial charge in [-0.15, -0.1) is 0 Å². The summed E-state index contributed by atoms with van der Waals surface area (Å²) in [4.78, 5) is 0. The molecule has 1 aromatic rings. The van der Waals surface area contributed by atoms with Gasteiger partial charge in [-0.3, -0.25) is 0 Å². The van der Waals surface area contributed by atoms with E-state index >= 15 is 0 Å². The van der Waals surface area contributed by atoms with Crippen LogP contribution in [0.1, 0.15) is 46.6 Å². The second kappa shape index (κ2) is 8.00. The van der Waals surface area contributed by atoms with Crippen molar-refractivity contribution in [2.75, 3.05) is 6.54 Å². The summed E-state index contributed by atoms with van der Waals surface area (Å²) >= 11 is 0. The number of nitrogens with one attached hydrogen (secondary N) is 1. The predicted octanol–water partition coefficient (Wildman–Crippen LogP) is 4.27. The number of rotatable bonds is 7. The van der Waals surface area contributed by atoms with Crippen molar-refractivity contribution < 1.29 is 4.74 Å². The highest BCUT2D eigenvalue weighted by molar-refractivity contribution is 5.64. The highest BCUT2D eigenvalue weighted by Gasteiger charge is 1.99. The van der Waals surface area contributed by atoms with E-state index in [-0.39, 0.29) is 6.10 Å². The van der Waals surface area contributed by atoms with Gasteiger partial charge >= 0.3 is 0 Å². The first-order valence-electron chi connectivity index (χ1n) is 7.16. The first-order valence-corrected chi connectivity index (χ1v) is 7.16. The topological polar surface area (TPSA) is 21.3 Å². The molecule has 106 valence electrons. The maximum Gasteiger partial charge on any atom is 0.119 e. The van der Waals surface area contributed by atoms with Gasteiger partial charge in [-0.05, 0) is 57.0 Å². The van der Waals surface area contributed by atoms with Gasteiger partial charge in [0.25, 0.3) is 0 Å². The third-order valence-corrected chi connectivity index (χ3v) is 2.83. The van der Waals surface area contributed by atoms with Gasteiger partial charge in [0.05, 0.1) is 6.10 Å². The Balaban J connectivity index is 2.52. The standard InChI is InChI=1S/C17H27NO/c1-13(2)18-12-6-7-15(5)16-8-10-17(11-9-16)19-14(3)4/h7-11,13-14,18H,6,12H2,1-5H3. The minimum atomic E-state index is 0.226. The molecule has 0 aliphatic rings. The van der Waals surface area contributed by atoms with E-state index in [4.69, 9.17) is 4.74 Å². The van der Waals surface area contributed by atoms with Gasteiger partial charge in [0.15, 0.2) is 0 Å². The van der Waals surface area contributed by atoms with Gasteiger partial charge in [-0.2, -0.15) is 0 Å². The smallest absolute Gasteiger partial charge is 0.119 e. The van der Waals surface area contributed by atoms with E-state index in [0.29, 0.717) is 6.04 Å². The molecule has 0 bridgehead atoms. The summed E-state index contributed by atoms with van der Waals surface area (Å²) in [5.41, 5.74) is 2.59. The largest absolute Gasteiger partial charge is 0.491 e. The van der Waals surface area contributed by atoms with Crippen LogP contribution < -0.4 is 10.1 Å². The molecular formula is C17H27NO. The van der Waals surface area contributed by atoms with Gasteiger partial charge in [-0.1, -0.05) is 32.1 Å². The molecule has 0 aliphatic heterocycles. The SMILES string of the molecule is CC(=CCCNC(C)C)c1ccc(OC(C)C)cc1. The van der Waals surface area contributed by atoms with E-state index in [9.17, 15) is 0 Å². The van der Waals surface area contributed by atoms with Crippen LogP contribution in [-0.4, -0.2) is 18.7 Å². The zero-order valence-electron chi connectivity index (χ0n) is 12.9. The lowest BCUT2D eigenvalue weighted by Crippen LogP contribution is -2.23. The Morgan fingerprint density at radius 1 is 1.16 bits per heavy atom. The Labute approximate surface area is 117 Å². The van der Waals surface area contributed by atoms with Crippen LogP contribution in [0.15, 0.2) is 30.3 Å². The quantitative estimate of drug-likeness (QED) is 0.740. The van der Waals surface area contributed by atoms with Gasteiger partial charge in [-0.25, -0.2) is 0 Å². The molecule has 1 rings (SSSR count). The fourth-order valence-corrected chi connectivity index (χ4v) is 1.85. The van der Waals surface area contributed by atoms with Crippen LogP contribution in [0.25, 0.3) is 5.57 Å². The second-order valence-electron chi connectivity index (χ2n) is 5.48. The minimum absolute atomic E-state index is 0.226. The molecule has 0 aliphatic carbocycles. The molecule has 0 unspecified atom stereocenters. The molecule has 0 amide bonds. The summed E-state index contributed by atoms with van der Waals surface area (Å²) in [6, 6.07) is 8.89. The lowest BCUT2D eigenvalue weighted by Gasteiger charge is -2.10. The molecule has 1 N–H and O–H groups in total. The Kier molecular flexibility index (Phi) is 6.65. The Morgan fingerprint density at radius 3 is 2.32 bits per heavy atom. The monoisotopic (exact) mass is 261 g/mol. The Hall–Kier alpha value is -1.28.